The zero-order valence-corrected chi connectivity index (χ0v) is 17.1. The first kappa shape index (κ1) is 19.4. The molecular weight excluding hydrogens is 415 g/mol. The highest BCUT2D eigenvalue weighted by atomic mass is 35.5. The maximum atomic E-state index is 12.7. The lowest BCUT2D eigenvalue weighted by molar-refractivity contribution is 0.208. The van der Waals surface area contributed by atoms with E-state index >= 15 is 0 Å². The standard InChI is InChI=1S/C18H18Cl2N8O/c1-26-16(23-24-25-26)12-3-2-4-14(9-12)22-18(29)28-7-5-27(6-8-28)17-15(20)10-13(19)11-21-17/h2-4,9-11H,5-8H2,1H3,(H,22,29). The number of urea groups is 1. The molecule has 3 aromatic rings. The van der Waals surface area contributed by atoms with Crippen LogP contribution in [0.1, 0.15) is 0 Å². The first-order valence-corrected chi connectivity index (χ1v) is 9.71. The van der Waals surface area contributed by atoms with Gasteiger partial charge in [0.05, 0.1) is 10.0 Å². The third-order valence-corrected chi connectivity index (χ3v) is 5.13. The molecular formula is C18H18Cl2N8O. The highest BCUT2D eigenvalue weighted by Crippen LogP contribution is 2.27. The molecule has 11 heteroatoms. The second kappa shape index (κ2) is 8.22. The number of tetrazole rings is 1. The number of nitrogens with zero attached hydrogens (tertiary/aromatic N) is 7. The van der Waals surface area contributed by atoms with Crippen molar-refractivity contribution in [2.45, 2.75) is 0 Å². The summed E-state index contributed by atoms with van der Waals surface area (Å²) in [5.41, 5.74) is 1.50. The lowest BCUT2D eigenvalue weighted by atomic mass is 10.2. The number of benzene rings is 1. The van der Waals surface area contributed by atoms with E-state index in [9.17, 15) is 4.79 Å². The van der Waals surface area contributed by atoms with Crippen LogP contribution < -0.4 is 10.2 Å². The Morgan fingerprint density at radius 2 is 1.93 bits per heavy atom. The minimum atomic E-state index is -0.159. The monoisotopic (exact) mass is 432 g/mol. The van der Waals surface area contributed by atoms with E-state index in [1.807, 2.05) is 29.2 Å². The van der Waals surface area contributed by atoms with E-state index in [1.165, 1.54) is 0 Å². The van der Waals surface area contributed by atoms with Crippen LogP contribution in [0.4, 0.5) is 16.3 Å². The van der Waals surface area contributed by atoms with Crippen molar-refractivity contribution in [3.8, 4) is 11.4 Å². The smallest absolute Gasteiger partial charge is 0.321 e. The Bertz CT molecular complexity index is 1030. The number of halogens is 2. The van der Waals surface area contributed by atoms with Crippen LogP contribution in [-0.4, -0.2) is 62.3 Å². The number of carbonyl (C=O) groups excluding carboxylic acids is 1. The number of hydrogen-bond acceptors (Lipinski definition) is 6. The number of pyridine rings is 1. The Morgan fingerprint density at radius 3 is 2.62 bits per heavy atom. The van der Waals surface area contributed by atoms with Crippen molar-refractivity contribution in [3.05, 3.63) is 46.6 Å². The number of nitrogens with one attached hydrogen (secondary N) is 1. The van der Waals surface area contributed by atoms with Crippen LogP contribution in [0.2, 0.25) is 10.0 Å². The molecule has 29 heavy (non-hydrogen) atoms. The maximum Gasteiger partial charge on any atom is 0.321 e. The van der Waals surface area contributed by atoms with E-state index in [-0.39, 0.29) is 6.03 Å². The molecule has 0 bridgehead atoms. The Morgan fingerprint density at radius 1 is 1.14 bits per heavy atom. The molecule has 1 aliphatic heterocycles. The normalized spacial score (nSPS) is 14.2. The van der Waals surface area contributed by atoms with Crippen molar-refractivity contribution in [1.29, 1.82) is 0 Å². The van der Waals surface area contributed by atoms with Gasteiger partial charge in [0.25, 0.3) is 0 Å². The quantitative estimate of drug-likeness (QED) is 0.683. The zero-order valence-electron chi connectivity index (χ0n) is 15.6. The average Bonchev–Trinajstić information content (AvgIpc) is 3.14. The Kier molecular flexibility index (Phi) is 5.50. The fraction of sp³-hybridized carbons (Fsp3) is 0.278. The molecule has 2 aromatic heterocycles. The summed E-state index contributed by atoms with van der Waals surface area (Å²) in [7, 11) is 1.77. The summed E-state index contributed by atoms with van der Waals surface area (Å²) in [5.74, 6) is 1.31. The summed E-state index contributed by atoms with van der Waals surface area (Å²) in [6, 6.07) is 8.93. The molecule has 150 valence electrons. The fourth-order valence-electron chi connectivity index (χ4n) is 3.17. The van der Waals surface area contributed by atoms with Gasteiger partial charge in [-0.3, -0.25) is 0 Å². The molecule has 1 aliphatic rings. The number of anilines is 2. The summed E-state index contributed by atoms with van der Waals surface area (Å²) < 4.78 is 1.58. The van der Waals surface area contributed by atoms with Gasteiger partial charge >= 0.3 is 6.03 Å². The third kappa shape index (κ3) is 4.25. The van der Waals surface area contributed by atoms with E-state index in [2.05, 4.69) is 25.8 Å². The summed E-state index contributed by atoms with van der Waals surface area (Å²) in [5, 5.41) is 15.4. The number of piperazine rings is 1. The van der Waals surface area contributed by atoms with Gasteiger partial charge in [0.15, 0.2) is 5.82 Å². The second-order valence-corrected chi connectivity index (χ2v) is 7.41. The number of carbonyl (C=O) groups is 1. The average molecular weight is 433 g/mol. The van der Waals surface area contributed by atoms with Crippen LogP contribution in [-0.2, 0) is 7.05 Å². The van der Waals surface area contributed by atoms with Gasteiger partial charge in [0.1, 0.15) is 5.82 Å². The van der Waals surface area contributed by atoms with E-state index < -0.39 is 0 Å². The van der Waals surface area contributed by atoms with Gasteiger partial charge < -0.3 is 15.1 Å². The maximum absolute atomic E-state index is 12.7. The fourth-order valence-corrected chi connectivity index (χ4v) is 3.67. The molecule has 2 amide bonds. The molecule has 3 heterocycles. The summed E-state index contributed by atoms with van der Waals surface area (Å²) in [6.45, 7) is 2.37. The van der Waals surface area contributed by atoms with E-state index in [1.54, 1.807) is 28.9 Å². The number of aryl methyl sites for hydroxylation is 1. The largest absolute Gasteiger partial charge is 0.352 e. The molecule has 9 nitrogen and oxygen atoms in total. The highest BCUT2D eigenvalue weighted by Gasteiger charge is 2.23. The van der Waals surface area contributed by atoms with Crippen molar-refractivity contribution in [1.82, 2.24) is 30.1 Å². The third-order valence-electron chi connectivity index (χ3n) is 4.65. The predicted molar refractivity (Wildman–Crippen MR) is 111 cm³/mol. The molecule has 0 spiro atoms. The zero-order chi connectivity index (χ0) is 20.4. The first-order valence-electron chi connectivity index (χ1n) is 8.96. The van der Waals surface area contributed by atoms with Gasteiger partial charge in [-0.25, -0.2) is 14.5 Å². The topological polar surface area (TPSA) is 92.1 Å². The molecule has 0 unspecified atom stereocenters. The molecule has 0 aliphatic carbocycles. The second-order valence-electron chi connectivity index (χ2n) is 6.57. The van der Waals surface area contributed by atoms with Crippen LogP contribution in [0.3, 0.4) is 0 Å². The highest BCUT2D eigenvalue weighted by molar-refractivity contribution is 6.36. The number of hydrogen-bond donors (Lipinski definition) is 1. The first-order chi connectivity index (χ1) is 14.0. The van der Waals surface area contributed by atoms with Gasteiger partial charge in [-0.15, -0.1) is 5.10 Å². The molecule has 1 saturated heterocycles. The minimum absolute atomic E-state index is 0.159. The SMILES string of the molecule is Cn1nnnc1-c1cccc(NC(=O)N2CCN(c3ncc(Cl)cc3Cl)CC2)c1. The van der Waals surface area contributed by atoms with Gasteiger partial charge in [0.2, 0.25) is 0 Å². The minimum Gasteiger partial charge on any atom is -0.352 e. The van der Waals surface area contributed by atoms with Gasteiger partial charge in [-0.05, 0) is 28.6 Å². The Labute approximate surface area is 177 Å². The van der Waals surface area contributed by atoms with E-state index in [4.69, 9.17) is 23.2 Å². The molecule has 1 N–H and O–H groups in total. The Hall–Kier alpha value is -2.91. The number of aromatic nitrogens is 5. The van der Waals surface area contributed by atoms with Gasteiger partial charge in [-0.2, -0.15) is 0 Å². The molecule has 0 radical (unpaired) electrons. The molecule has 1 fully saturated rings. The van der Waals surface area contributed by atoms with Crippen molar-refractivity contribution >= 4 is 40.7 Å². The molecule has 0 atom stereocenters. The molecule has 0 saturated carbocycles. The van der Waals surface area contributed by atoms with Crippen molar-refractivity contribution in [3.63, 3.8) is 0 Å². The van der Waals surface area contributed by atoms with Gasteiger partial charge in [-0.1, -0.05) is 35.3 Å². The van der Waals surface area contributed by atoms with E-state index in [0.29, 0.717) is 53.6 Å². The van der Waals surface area contributed by atoms with Crippen molar-refractivity contribution in [2.75, 3.05) is 36.4 Å². The number of rotatable bonds is 3. The summed E-state index contributed by atoms with van der Waals surface area (Å²) >= 11 is 12.2. The Balaban J connectivity index is 1.39. The van der Waals surface area contributed by atoms with Crippen LogP contribution >= 0.6 is 23.2 Å². The molecule has 4 rings (SSSR count). The van der Waals surface area contributed by atoms with Crippen molar-refractivity contribution in [2.24, 2.45) is 7.05 Å². The van der Waals surface area contributed by atoms with Crippen molar-refractivity contribution < 1.29 is 4.79 Å². The van der Waals surface area contributed by atoms with Crippen LogP contribution in [0.5, 0.6) is 0 Å². The van der Waals surface area contributed by atoms with Crippen LogP contribution in [0.15, 0.2) is 36.5 Å². The van der Waals surface area contributed by atoms with Gasteiger partial charge in [0, 0.05) is 50.7 Å². The lowest BCUT2D eigenvalue weighted by Gasteiger charge is -2.35. The van der Waals surface area contributed by atoms with E-state index in [0.717, 1.165) is 5.56 Å². The summed E-state index contributed by atoms with van der Waals surface area (Å²) in [4.78, 5) is 20.8. The van der Waals surface area contributed by atoms with Crippen LogP contribution in [0, 0.1) is 0 Å². The summed E-state index contributed by atoms with van der Waals surface area (Å²) in [6.07, 6.45) is 1.57. The predicted octanol–water partition coefficient (Wildman–Crippen LogP) is 2.93. The lowest BCUT2D eigenvalue weighted by Crippen LogP contribution is -2.50. The van der Waals surface area contributed by atoms with Crippen LogP contribution in [0.25, 0.3) is 11.4 Å². The molecule has 1 aromatic carbocycles. The number of amides is 2.